The molecule has 2 nitrogen and oxygen atoms in total. The lowest BCUT2D eigenvalue weighted by atomic mass is 9.97. The highest BCUT2D eigenvalue weighted by Crippen LogP contribution is 2.22. The van der Waals surface area contributed by atoms with Crippen molar-refractivity contribution in [2.45, 2.75) is 12.5 Å². The van der Waals surface area contributed by atoms with Gasteiger partial charge in [0.05, 0.1) is 0 Å². The van der Waals surface area contributed by atoms with Gasteiger partial charge >= 0.3 is 0 Å². The lowest BCUT2D eigenvalue weighted by Gasteiger charge is -2.08. The van der Waals surface area contributed by atoms with Gasteiger partial charge in [0.25, 0.3) is 0 Å². The van der Waals surface area contributed by atoms with Crippen molar-refractivity contribution < 1.29 is 4.79 Å². The molecule has 1 aromatic rings. The molecule has 0 amide bonds. The molecule has 1 aromatic carbocycles. The topological polar surface area (TPSA) is 43.1 Å². The number of hydrogen-bond acceptors (Lipinski definition) is 2. The molecule has 0 bridgehead atoms. The molecule has 2 unspecified atom stereocenters. The molecule has 0 heterocycles. The highest BCUT2D eigenvalue weighted by atomic mass is 35.5. The van der Waals surface area contributed by atoms with E-state index in [9.17, 15) is 4.79 Å². The number of Topliss-reactive ketones (excluding diaryl/α,β-unsaturated/α-hetero) is 1. The minimum absolute atomic E-state index is 0.0197. The fraction of sp³-hybridized carbons (Fsp3) is 0.250. The summed E-state index contributed by atoms with van der Waals surface area (Å²) in [4.78, 5) is 12.0. The van der Waals surface area contributed by atoms with Crippen LogP contribution in [0.25, 0.3) is 0 Å². The molecule has 0 saturated carbocycles. The summed E-state index contributed by atoms with van der Waals surface area (Å²) in [6.07, 6.45) is 4.49. The predicted molar refractivity (Wildman–Crippen MR) is 61.0 cm³/mol. The van der Waals surface area contributed by atoms with Gasteiger partial charge in [0.15, 0.2) is 5.78 Å². The molecule has 0 fully saturated rings. The SMILES string of the molecule is NC1C=CC(C(=O)c2ccc(Cl)cc2)C1. The maximum Gasteiger partial charge on any atom is 0.169 e. The first kappa shape index (κ1) is 10.4. The summed E-state index contributed by atoms with van der Waals surface area (Å²) in [5.41, 5.74) is 6.40. The van der Waals surface area contributed by atoms with E-state index < -0.39 is 0 Å². The third kappa shape index (κ3) is 2.28. The molecule has 2 N–H and O–H groups in total. The standard InChI is InChI=1S/C12H12ClNO/c13-10-4-1-8(2-5-10)12(15)9-3-6-11(14)7-9/h1-6,9,11H,7,14H2. The van der Waals surface area contributed by atoms with Crippen LogP contribution in [0.5, 0.6) is 0 Å². The maximum absolute atomic E-state index is 12.0. The van der Waals surface area contributed by atoms with Crippen LogP contribution < -0.4 is 5.73 Å². The van der Waals surface area contributed by atoms with Crippen molar-refractivity contribution in [2.24, 2.45) is 11.7 Å². The fourth-order valence-electron chi connectivity index (χ4n) is 1.75. The van der Waals surface area contributed by atoms with Crippen LogP contribution >= 0.6 is 11.6 Å². The number of halogens is 1. The summed E-state index contributed by atoms with van der Waals surface area (Å²) in [5, 5.41) is 0.644. The van der Waals surface area contributed by atoms with E-state index in [1.165, 1.54) is 0 Å². The summed E-state index contributed by atoms with van der Waals surface area (Å²) >= 11 is 5.75. The minimum Gasteiger partial charge on any atom is -0.324 e. The number of ketones is 1. The molecule has 0 radical (unpaired) electrons. The van der Waals surface area contributed by atoms with Crippen LogP contribution in [0, 0.1) is 5.92 Å². The quantitative estimate of drug-likeness (QED) is 0.616. The van der Waals surface area contributed by atoms with Crippen molar-refractivity contribution in [3.8, 4) is 0 Å². The van der Waals surface area contributed by atoms with E-state index in [1.54, 1.807) is 24.3 Å². The van der Waals surface area contributed by atoms with Gasteiger partial charge < -0.3 is 5.73 Å². The van der Waals surface area contributed by atoms with E-state index in [4.69, 9.17) is 17.3 Å². The molecule has 0 aliphatic heterocycles. The highest BCUT2D eigenvalue weighted by molar-refractivity contribution is 6.30. The average molecular weight is 222 g/mol. The van der Waals surface area contributed by atoms with E-state index >= 15 is 0 Å². The first-order chi connectivity index (χ1) is 7.16. The zero-order chi connectivity index (χ0) is 10.8. The molecular weight excluding hydrogens is 210 g/mol. The van der Waals surface area contributed by atoms with E-state index in [1.807, 2.05) is 12.2 Å². The Morgan fingerprint density at radius 2 is 1.93 bits per heavy atom. The van der Waals surface area contributed by atoms with Crippen molar-refractivity contribution >= 4 is 17.4 Å². The molecular formula is C12H12ClNO. The van der Waals surface area contributed by atoms with Gasteiger partial charge in [0.1, 0.15) is 0 Å². The maximum atomic E-state index is 12.0. The summed E-state index contributed by atoms with van der Waals surface area (Å²) < 4.78 is 0. The Morgan fingerprint density at radius 1 is 1.27 bits per heavy atom. The van der Waals surface area contributed by atoms with Gasteiger partial charge in [-0.2, -0.15) is 0 Å². The predicted octanol–water partition coefficient (Wildman–Crippen LogP) is 2.43. The van der Waals surface area contributed by atoms with Gasteiger partial charge in [-0.15, -0.1) is 0 Å². The molecule has 15 heavy (non-hydrogen) atoms. The Balaban J connectivity index is 2.15. The second-order valence-electron chi connectivity index (χ2n) is 3.76. The molecule has 78 valence electrons. The van der Waals surface area contributed by atoms with Crippen molar-refractivity contribution in [1.82, 2.24) is 0 Å². The molecule has 0 spiro atoms. The number of nitrogens with two attached hydrogens (primary N) is 1. The third-order valence-electron chi connectivity index (χ3n) is 2.58. The van der Waals surface area contributed by atoms with Gasteiger partial charge in [0, 0.05) is 22.5 Å². The largest absolute Gasteiger partial charge is 0.324 e. The summed E-state index contributed by atoms with van der Waals surface area (Å²) in [6, 6.07) is 6.98. The molecule has 1 aliphatic carbocycles. The number of carbonyl (C=O) groups is 1. The van der Waals surface area contributed by atoms with E-state index in [-0.39, 0.29) is 17.7 Å². The molecule has 2 rings (SSSR count). The first-order valence-corrected chi connectivity index (χ1v) is 5.28. The zero-order valence-corrected chi connectivity index (χ0v) is 8.95. The van der Waals surface area contributed by atoms with Crippen LogP contribution in [0.2, 0.25) is 5.02 Å². The van der Waals surface area contributed by atoms with Crippen LogP contribution in [0.15, 0.2) is 36.4 Å². The molecule has 0 aromatic heterocycles. The Hall–Kier alpha value is -1.12. The normalized spacial score (nSPS) is 24.4. The fourth-order valence-corrected chi connectivity index (χ4v) is 1.88. The van der Waals surface area contributed by atoms with Gasteiger partial charge in [-0.05, 0) is 30.7 Å². The van der Waals surface area contributed by atoms with Crippen molar-refractivity contribution in [1.29, 1.82) is 0 Å². The van der Waals surface area contributed by atoms with Crippen molar-refractivity contribution in [3.05, 3.63) is 47.0 Å². The monoisotopic (exact) mass is 221 g/mol. The van der Waals surface area contributed by atoms with Crippen LogP contribution in [0.3, 0.4) is 0 Å². The minimum atomic E-state index is -0.0684. The van der Waals surface area contributed by atoms with Crippen LogP contribution in [-0.2, 0) is 0 Å². The number of rotatable bonds is 2. The van der Waals surface area contributed by atoms with Crippen molar-refractivity contribution in [3.63, 3.8) is 0 Å². The van der Waals surface area contributed by atoms with E-state index in [2.05, 4.69) is 0 Å². The lowest BCUT2D eigenvalue weighted by Crippen LogP contribution is -2.19. The highest BCUT2D eigenvalue weighted by Gasteiger charge is 2.23. The molecule has 2 atom stereocenters. The second-order valence-corrected chi connectivity index (χ2v) is 4.20. The van der Waals surface area contributed by atoms with Gasteiger partial charge in [0.2, 0.25) is 0 Å². The second kappa shape index (κ2) is 4.17. The van der Waals surface area contributed by atoms with Gasteiger partial charge in [-0.25, -0.2) is 0 Å². The number of carbonyl (C=O) groups excluding carboxylic acids is 1. The van der Waals surface area contributed by atoms with E-state index in [0.29, 0.717) is 17.0 Å². The Morgan fingerprint density at radius 3 is 2.47 bits per heavy atom. The van der Waals surface area contributed by atoms with Gasteiger partial charge in [-0.3, -0.25) is 4.79 Å². The Bertz CT molecular complexity index is 397. The van der Waals surface area contributed by atoms with Crippen LogP contribution in [0.4, 0.5) is 0 Å². The number of benzene rings is 1. The van der Waals surface area contributed by atoms with Crippen LogP contribution in [-0.4, -0.2) is 11.8 Å². The zero-order valence-electron chi connectivity index (χ0n) is 8.19. The lowest BCUT2D eigenvalue weighted by molar-refractivity contribution is 0.0943. The first-order valence-electron chi connectivity index (χ1n) is 4.90. The number of allylic oxidation sites excluding steroid dienone is 1. The Labute approximate surface area is 93.7 Å². The smallest absolute Gasteiger partial charge is 0.169 e. The molecule has 1 aliphatic rings. The third-order valence-corrected chi connectivity index (χ3v) is 2.83. The van der Waals surface area contributed by atoms with Gasteiger partial charge in [-0.1, -0.05) is 23.8 Å². The average Bonchev–Trinajstić information content (AvgIpc) is 2.65. The summed E-state index contributed by atoms with van der Waals surface area (Å²) in [6.45, 7) is 0. The van der Waals surface area contributed by atoms with E-state index in [0.717, 1.165) is 0 Å². The number of hydrogen-bond donors (Lipinski definition) is 1. The Kier molecular flexibility index (Phi) is 2.89. The molecule has 0 saturated heterocycles. The summed E-state index contributed by atoms with van der Waals surface area (Å²) in [7, 11) is 0. The van der Waals surface area contributed by atoms with Crippen LogP contribution in [0.1, 0.15) is 16.8 Å². The summed E-state index contributed by atoms with van der Waals surface area (Å²) in [5.74, 6) is 0.0528. The molecule has 3 heteroatoms. The van der Waals surface area contributed by atoms with Crippen molar-refractivity contribution in [2.75, 3.05) is 0 Å².